The van der Waals surface area contributed by atoms with Crippen molar-refractivity contribution >= 4 is 17.6 Å². The number of hydrogen-bond donors (Lipinski definition) is 0. The van der Waals surface area contributed by atoms with E-state index in [0.717, 1.165) is 6.39 Å². The number of hydrogen-bond acceptors (Lipinski definition) is 5. The SMILES string of the molecule is C[C@@H](C(=O)OC(C)(C)C)N(C(=O)c1cocn1)c1ccc(F)cc1. The van der Waals surface area contributed by atoms with Crippen molar-refractivity contribution in [3.8, 4) is 0 Å². The highest BCUT2D eigenvalue weighted by molar-refractivity contribution is 6.08. The number of oxazole rings is 1. The lowest BCUT2D eigenvalue weighted by atomic mass is 10.1. The van der Waals surface area contributed by atoms with Gasteiger partial charge in [-0.2, -0.15) is 0 Å². The smallest absolute Gasteiger partial charge is 0.329 e. The summed E-state index contributed by atoms with van der Waals surface area (Å²) in [5.74, 6) is -1.57. The molecule has 1 amide bonds. The van der Waals surface area contributed by atoms with Gasteiger partial charge >= 0.3 is 5.97 Å². The predicted octanol–water partition coefficient (Wildman–Crippen LogP) is 3.19. The zero-order valence-electron chi connectivity index (χ0n) is 13.9. The van der Waals surface area contributed by atoms with E-state index in [1.807, 2.05) is 0 Å². The number of aromatic nitrogens is 1. The first kappa shape index (κ1) is 17.7. The molecule has 1 aromatic heterocycles. The van der Waals surface area contributed by atoms with Crippen molar-refractivity contribution < 1.29 is 23.1 Å². The average molecular weight is 334 g/mol. The molecule has 1 atom stereocenters. The second-order valence-electron chi connectivity index (χ2n) is 6.23. The van der Waals surface area contributed by atoms with Gasteiger partial charge < -0.3 is 9.15 Å². The summed E-state index contributed by atoms with van der Waals surface area (Å²) in [7, 11) is 0. The van der Waals surface area contributed by atoms with E-state index in [1.165, 1.54) is 42.4 Å². The first-order chi connectivity index (χ1) is 11.2. The highest BCUT2D eigenvalue weighted by atomic mass is 19.1. The number of amides is 1. The lowest BCUT2D eigenvalue weighted by Crippen LogP contribution is -2.46. The van der Waals surface area contributed by atoms with Crippen LogP contribution < -0.4 is 4.90 Å². The van der Waals surface area contributed by atoms with E-state index in [0.29, 0.717) is 5.69 Å². The normalized spacial score (nSPS) is 12.5. The second-order valence-corrected chi connectivity index (χ2v) is 6.23. The van der Waals surface area contributed by atoms with E-state index < -0.39 is 29.3 Å². The zero-order valence-corrected chi connectivity index (χ0v) is 13.9. The molecule has 2 aromatic rings. The minimum absolute atomic E-state index is 0.0368. The highest BCUT2D eigenvalue weighted by Crippen LogP contribution is 2.22. The standard InChI is InChI=1S/C17H19FN2O4/c1-11(16(22)24-17(2,3)4)20(13-7-5-12(18)6-8-13)15(21)14-9-23-10-19-14/h5-11H,1-4H3/t11-/m0/s1. The third-order valence-electron chi connectivity index (χ3n) is 3.11. The third kappa shape index (κ3) is 4.18. The Balaban J connectivity index is 2.37. The summed E-state index contributed by atoms with van der Waals surface area (Å²) >= 11 is 0. The first-order valence-corrected chi connectivity index (χ1v) is 7.39. The van der Waals surface area contributed by atoms with Gasteiger partial charge in [-0.1, -0.05) is 0 Å². The third-order valence-corrected chi connectivity index (χ3v) is 3.11. The van der Waals surface area contributed by atoms with Crippen LogP contribution in [0.25, 0.3) is 0 Å². The summed E-state index contributed by atoms with van der Waals surface area (Å²) in [4.78, 5) is 30.1. The molecular weight excluding hydrogens is 315 g/mol. The maximum absolute atomic E-state index is 13.2. The van der Waals surface area contributed by atoms with E-state index in [2.05, 4.69) is 4.98 Å². The van der Waals surface area contributed by atoms with Crippen LogP contribution in [0.15, 0.2) is 41.3 Å². The lowest BCUT2D eigenvalue weighted by Gasteiger charge is -2.30. The maximum Gasteiger partial charge on any atom is 0.329 e. The molecule has 7 heteroatoms. The summed E-state index contributed by atoms with van der Waals surface area (Å²) in [5.41, 5.74) is -0.311. The Morgan fingerprint density at radius 2 is 1.88 bits per heavy atom. The van der Waals surface area contributed by atoms with Crippen molar-refractivity contribution in [2.75, 3.05) is 4.90 Å². The molecule has 0 saturated heterocycles. The number of carbonyl (C=O) groups is 2. The van der Waals surface area contributed by atoms with Gasteiger partial charge in [-0.15, -0.1) is 0 Å². The van der Waals surface area contributed by atoms with Gasteiger partial charge in [0.15, 0.2) is 12.1 Å². The molecule has 128 valence electrons. The summed E-state index contributed by atoms with van der Waals surface area (Å²) in [5, 5.41) is 0. The van der Waals surface area contributed by atoms with Gasteiger partial charge in [-0.05, 0) is 52.0 Å². The Kier molecular flexibility index (Phi) is 5.02. The fourth-order valence-corrected chi connectivity index (χ4v) is 2.05. The first-order valence-electron chi connectivity index (χ1n) is 7.39. The number of anilines is 1. The van der Waals surface area contributed by atoms with Crippen LogP contribution in [0.2, 0.25) is 0 Å². The Morgan fingerprint density at radius 3 is 2.38 bits per heavy atom. The molecule has 1 aromatic carbocycles. The molecular formula is C17H19FN2O4. The molecule has 1 heterocycles. The van der Waals surface area contributed by atoms with E-state index in [-0.39, 0.29) is 5.69 Å². The van der Waals surface area contributed by atoms with Crippen LogP contribution in [0.3, 0.4) is 0 Å². The largest absolute Gasteiger partial charge is 0.458 e. The Labute approximate surface area is 139 Å². The van der Waals surface area contributed by atoms with Crippen LogP contribution in [0.4, 0.5) is 10.1 Å². The van der Waals surface area contributed by atoms with Crippen LogP contribution >= 0.6 is 0 Å². The minimum atomic E-state index is -0.932. The topological polar surface area (TPSA) is 72.6 Å². The minimum Gasteiger partial charge on any atom is -0.458 e. The van der Waals surface area contributed by atoms with Crippen molar-refractivity contribution in [2.24, 2.45) is 0 Å². The molecule has 6 nitrogen and oxygen atoms in total. The van der Waals surface area contributed by atoms with Crippen molar-refractivity contribution in [1.29, 1.82) is 0 Å². The fraction of sp³-hybridized carbons (Fsp3) is 0.353. The molecule has 0 unspecified atom stereocenters. The Morgan fingerprint density at radius 1 is 1.25 bits per heavy atom. The molecule has 0 N–H and O–H groups in total. The van der Waals surface area contributed by atoms with Crippen LogP contribution in [-0.2, 0) is 9.53 Å². The maximum atomic E-state index is 13.2. The molecule has 0 radical (unpaired) electrons. The molecule has 0 saturated carbocycles. The Bertz CT molecular complexity index is 705. The zero-order chi connectivity index (χ0) is 17.9. The summed E-state index contributed by atoms with van der Waals surface area (Å²) in [6.07, 6.45) is 2.30. The van der Waals surface area contributed by atoms with Gasteiger partial charge in [0.25, 0.3) is 5.91 Å². The number of nitrogens with zero attached hydrogens (tertiary/aromatic N) is 2. The number of carbonyl (C=O) groups excluding carboxylic acids is 2. The van der Waals surface area contributed by atoms with Crippen molar-refractivity contribution in [3.63, 3.8) is 0 Å². The van der Waals surface area contributed by atoms with Crippen molar-refractivity contribution in [3.05, 3.63) is 48.4 Å². The number of halogens is 1. The van der Waals surface area contributed by atoms with E-state index in [9.17, 15) is 14.0 Å². The van der Waals surface area contributed by atoms with Gasteiger partial charge in [-0.25, -0.2) is 14.2 Å². The van der Waals surface area contributed by atoms with Crippen molar-refractivity contribution in [1.82, 2.24) is 4.98 Å². The molecule has 24 heavy (non-hydrogen) atoms. The number of esters is 1. The summed E-state index contributed by atoms with van der Waals surface area (Å²) in [6, 6.07) is 4.31. The van der Waals surface area contributed by atoms with Gasteiger partial charge in [0, 0.05) is 5.69 Å². The molecule has 0 aliphatic heterocycles. The van der Waals surface area contributed by atoms with E-state index in [4.69, 9.17) is 9.15 Å². The van der Waals surface area contributed by atoms with E-state index >= 15 is 0 Å². The predicted molar refractivity (Wildman–Crippen MR) is 85.0 cm³/mol. The average Bonchev–Trinajstić information content (AvgIpc) is 3.01. The van der Waals surface area contributed by atoms with Crippen LogP contribution in [-0.4, -0.2) is 28.5 Å². The number of benzene rings is 1. The van der Waals surface area contributed by atoms with Gasteiger partial charge in [0.2, 0.25) is 0 Å². The molecule has 0 spiro atoms. The number of rotatable bonds is 4. The fourth-order valence-electron chi connectivity index (χ4n) is 2.05. The molecule has 2 rings (SSSR count). The van der Waals surface area contributed by atoms with Gasteiger partial charge in [-0.3, -0.25) is 9.69 Å². The summed E-state index contributed by atoms with van der Waals surface area (Å²) in [6.45, 7) is 6.74. The molecule has 0 aliphatic carbocycles. The molecule has 0 aliphatic rings. The second kappa shape index (κ2) is 6.82. The lowest BCUT2D eigenvalue weighted by molar-refractivity contribution is -0.155. The molecule has 0 fully saturated rings. The van der Waals surface area contributed by atoms with Crippen molar-refractivity contribution in [2.45, 2.75) is 39.3 Å². The number of ether oxygens (including phenoxy) is 1. The quantitative estimate of drug-likeness (QED) is 0.803. The monoisotopic (exact) mass is 334 g/mol. The van der Waals surface area contributed by atoms with Crippen LogP contribution in [0.5, 0.6) is 0 Å². The summed E-state index contributed by atoms with van der Waals surface area (Å²) < 4.78 is 23.4. The highest BCUT2D eigenvalue weighted by Gasteiger charge is 2.32. The van der Waals surface area contributed by atoms with Gasteiger partial charge in [0.05, 0.1) is 0 Å². The van der Waals surface area contributed by atoms with Crippen LogP contribution in [0.1, 0.15) is 38.2 Å². The molecule has 0 bridgehead atoms. The van der Waals surface area contributed by atoms with Crippen LogP contribution in [0, 0.1) is 5.82 Å². The van der Waals surface area contributed by atoms with E-state index in [1.54, 1.807) is 20.8 Å². The Hall–Kier alpha value is -2.70. The van der Waals surface area contributed by atoms with Gasteiger partial charge in [0.1, 0.15) is 23.7 Å².